The molecule has 3 aromatic rings. The number of hydrogen-bond acceptors (Lipinski definition) is 6. The highest BCUT2D eigenvalue weighted by Gasteiger charge is 2.24. The Hall–Kier alpha value is -2.58. The van der Waals surface area contributed by atoms with E-state index in [4.69, 9.17) is 16.3 Å². The van der Waals surface area contributed by atoms with Crippen molar-refractivity contribution in [1.29, 1.82) is 0 Å². The second kappa shape index (κ2) is 9.11. The molecule has 2 fully saturated rings. The first-order chi connectivity index (χ1) is 15.6. The maximum absolute atomic E-state index is 12.9. The van der Waals surface area contributed by atoms with Crippen LogP contribution in [0.25, 0.3) is 10.9 Å². The molecule has 0 spiro atoms. The van der Waals surface area contributed by atoms with Gasteiger partial charge in [0.05, 0.1) is 36.2 Å². The van der Waals surface area contributed by atoms with Crippen molar-refractivity contribution in [2.75, 3.05) is 43.1 Å². The van der Waals surface area contributed by atoms with Gasteiger partial charge in [-0.25, -0.2) is 4.68 Å². The molecule has 2 aliphatic rings. The Kier molecular flexibility index (Phi) is 6.06. The summed E-state index contributed by atoms with van der Waals surface area (Å²) in [6.07, 6.45) is 7.47. The van der Waals surface area contributed by atoms with E-state index in [2.05, 4.69) is 38.6 Å². The Balaban J connectivity index is 1.24. The number of ether oxygens (including phenoxy) is 1. The van der Waals surface area contributed by atoms with E-state index in [-0.39, 0.29) is 16.6 Å². The van der Waals surface area contributed by atoms with Crippen LogP contribution in [0.1, 0.15) is 31.7 Å². The summed E-state index contributed by atoms with van der Waals surface area (Å²) in [5.74, 6) is 0.442. The van der Waals surface area contributed by atoms with Crippen molar-refractivity contribution in [3.63, 3.8) is 0 Å². The van der Waals surface area contributed by atoms with Crippen LogP contribution in [0.5, 0.6) is 0 Å². The zero-order valence-electron chi connectivity index (χ0n) is 18.3. The molecule has 170 valence electrons. The SMILES string of the molecule is Cn1ncc2ccc(N3CCC(n4ncc(NCC5CCCOC5)c(Cl)c4=O)CC3)cc21. The van der Waals surface area contributed by atoms with Crippen molar-refractivity contribution in [2.45, 2.75) is 31.7 Å². The molecule has 2 aromatic heterocycles. The van der Waals surface area contributed by atoms with E-state index in [9.17, 15) is 4.79 Å². The molecule has 0 saturated carbocycles. The number of benzene rings is 1. The van der Waals surface area contributed by atoms with Crippen molar-refractivity contribution < 1.29 is 4.74 Å². The third-order valence-electron chi connectivity index (χ3n) is 6.69. The third kappa shape index (κ3) is 4.21. The zero-order valence-corrected chi connectivity index (χ0v) is 19.1. The summed E-state index contributed by atoms with van der Waals surface area (Å²) in [5.41, 5.74) is 2.70. The topological polar surface area (TPSA) is 77.2 Å². The summed E-state index contributed by atoms with van der Waals surface area (Å²) in [6.45, 7) is 4.06. The molecule has 1 aromatic carbocycles. The molecule has 32 heavy (non-hydrogen) atoms. The average molecular weight is 457 g/mol. The number of nitrogens with one attached hydrogen (secondary N) is 1. The number of halogens is 1. The van der Waals surface area contributed by atoms with Gasteiger partial charge >= 0.3 is 0 Å². The number of hydrogen-bond donors (Lipinski definition) is 1. The first kappa shape index (κ1) is 21.3. The lowest BCUT2D eigenvalue weighted by molar-refractivity contribution is 0.0595. The summed E-state index contributed by atoms with van der Waals surface area (Å²) >= 11 is 6.43. The highest BCUT2D eigenvalue weighted by Crippen LogP contribution is 2.28. The minimum Gasteiger partial charge on any atom is -0.382 e. The number of rotatable bonds is 5. The van der Waals surface area contributed by atoms with Gasteiger partial charge in [-0.15, -0.1) is 0 Å². The second-order valence-electron chi connectivity index (χ2n) is 8.82. The quantitative estimate of drug-likeness (QED) is 0.633. The van der Waals surface area contributed by atoms with Crippen LogP contribution in [0.2, 0.25) is 5.02 Å². The van der Waals surface area contributed by atoms with Gasteiger partial charge in [0.15, 0.2) is 0 Å². The zero-order chi connectivity index (χ0) is 22.1. The molecule has 5 rings (SSSR count). The Bertz CT molecular complexity index is 1150. The Morgan fingerprint density at radius 2 is 2.03 bits per heavy atom. The summed E-state index contributed by atoms with van der Waals surface area (Å²) < 4.78 is 8.99. The highest BCUT2D eigenvalue weighted by atomic mass is 35.5. The van der Waals surface area contributed by atoms with Crippen LogP contribution >= 0.6 is 11.6 Å². The molecule has 1 N–H and O–H groups in total. The Labute approximate surface area is 192 Å². The summed E-state index contributed by atoms with van der Waals surface area (Å²) in [5, 5.41) is 13.5. The van der Waals surface area contributed by atoms with Crippen LogP contribution in [0.15, 0.2) is 35.4 Å². The van der Waals surface area contributed by atoms with Gasteiger partial charge in [0.1, 0.15) is 5.02 Å². The van der Waals surface area contributed by atoms with E-state index < -0.39 is 0 Å². The number of aromatic nitrogens is 4. The normalized spacial score (nSPS) is 20.1. The number of fused-ring (bicyclic) bond motifs is 1. The van der Waals surface area contributed by atoms with E-state index in [1.165, 1.54) is 5.69 Å². The first-order valence-corrected chi connectivity index (χ1v) is 11.7. The molecule has 1 unspecified atom stereocenters. The van der Waals surface area contributed by atoms with Crippen molar-refractivity contribution in [3.05, 3.63) is 46.0 Å². The number of nitrogens with zero attached hydrogens (tertiary/aromatic N) is 5. The fourth-order valence-corrected chi connectivity index (χ4v) is 4.95. The largest absolute Gasteiger partial charge is 0.382 e. The second-order valence-corrected chi connectivity index (χ2v) is 9.19. The molecule has 2 aliphatic heterocycles. The van der Waals surface area contributed by atoms with E-state index in [0.29, 0.717) is 11.6 Å². The monoisotopic (exact) mass is 456 g/mol. The fraction of sp³-hybridized carbons (Fsp3) is 0.522. The molecule has 0 radical (unpaired) electrons. The summed E-state index contributed by atoms with van der Waals surface area (Å²) in [7, 11) is 1.96. The lowest BCUT2D eigenvalue weighted by atomic mass is 10.0. The van der Waals surface area contributed by atoms with Crippen molar-refractivity contribution >= 4 is 33.9 Å². The maximum atomic E-state index is 12.9. The van der Waals surface area contributed by atoms with Crippen molar-refractivity contribution in [1.82, 2.24) is 19.6 Å². The van der Waals surface area contributed by atoms with Gasteiger partial charge in [0, 0.05) is 44.4 Å². The first-order valence-electron chi connectivity index (χ1n) is 11.4. The molecule has 8 nitrogen and oxygen atoms in total. The number of piperidine rings is 1. The van der Waals surface area contributed by atoms with Crippen LogP contribution in [0.4, 0.5) is 11.4 Å². The van der Waals surface area contributed by atoms with Gasteiger partial charge in [-0.1, -0.05) is 11.6 Å². The average Bonchev–Trinajstić information content (AvgIpc) is 3.21. The van der Waals surface area contributed by atoms with Crippen LogP contribution < -0.4 is 15.8 Å². The Morgan fingerprint density at radius 3 is 2.81 bits per heavy atom. The third-order valence-corrected chi connectivity index (χ3v) is 7.05. The predicted octanol–water partition coefficient (Wildman–Crippen LogP) is 3.46. The molecule has 2 saturated heterocycles. The molecular weight excluding hydrogens is 428 g/mol. The number of aryl methyl sites for hydroxylation is 1. The van der Waals surface area contributed by atoms with Gasteiger partial charge in [0.25, 0.3) is 5.56 Å². The maximum Gasteiger partial charge on any atom is 0.287 e. The van der Waals surface area contributed by atoms with E-state index >= 15 is 0 Å². The smallest absolute Gasteiger partial charge is 0.287 e. The van der Waals surface area contributed by atoms with Gasteiger partial charge < -0.3 is 15.0 Å². The van der Waals surface area contributed by atoms with Gasteiger partial charge in [-0.05, 0) is 49.8 Å². The van der Waals surface area contributed by atoms with Gasteiger partial charge in [-0.2, -0.15) is 10.2 Å². The van der Waals surface area contributed by atoms with Crippen molar-refractivity contribution in [2.24, 2.45) is 13.0 Å². The Morgan fingerprint density at radius 1 is 1.19 bits per heavy atom. The molecule has 0 aliphatic carbocycles. The predicted molar refractivity (Wildman–Crippen MR) is 127 cm³/mol. The molecule has 4 heterocycles. The lowest BCUT2D eigenvalue weighted by Crippen LogP contribution is -2.38. The van der Waals surface area contributed by atoms with E-state index in [1.807, 2.05) is 17.9 Å². The minimum atomic E-state index is -0.216. The van der Waals surface area contributed by atoms with Crippen LogP contribution in [0.3, 0.4) is 0 Å². The molecule has 0 bridgehead atoms. The van der Waals surface area contributed by atoms with Gasteiger partial charge in [-0.3, -0.25) is 9.48 Å². The number of anilines is 2. The lowest BCUT2D eigenvalue weighted by Gasteiger charge is -2.34. The molecular formula is C23H29ClN6O2. The van der Waals surface area contributed by atoms with Crippen LogP contribution in [-0.2, 0) is 11.8 Å². The highest BCUT2D eigenvalue weighted by molar-refractivity contribution is 6.32. The molecule has 1 atom stereocenters. The molecule has 9 heteroatoms. The van der Waals surface area contributed by atoms with E-state index in [1.54, 1.807) is 10.9 Å². The molecule has 0 amide bonds. The summed E-state index contributed by atoms with van der Waals surface area (Å²) in [6, 6.07) is 6.49. The summed E-state index contributed by atoms with van der Waals surface area (Å²) in [4.78, 5) is 15.3. The van der Waals surface area contributed by atoms with Crippen LogP contribution in [0, 0.1) is 5.92 Å². The minimum absolute atomic E-state index is 0.0532. The van der Waals surface area contributed by atoms with Gasteiger partial charge in [0.2, 0.25) is 0 Å². The van der Waals surface area contributed by atoms with E-state index in [0.717, 1.165) is 69.4 Å². The van der Waals surface area contributed by atoms with Crippen molar-refractivity contribution in [3.8, 4) is 0 Å². The fourth-order valence-electron chi connectivity index (χ4n) is 4.75. The standard InChI is InChI=1S/C23H29ClN6O2/c1-28-21-11-19(5-4-17(21)13-26-28)29-8-6-18(7-9-29)30-23(31)22(24)20(14-27-30)25-12-16-3-2-10-32-15-16/h4-5,11,13-14,16,18,25H,2-3,6-10,12,15H2,1H3. The van der Waals surface area contributed by atoms with Crippen LogP contribution in [-0.4, -0.2) is 52.4 Å².